The molecule has 0 aliphatic rings. The lowest BCUT2D eigenvalue weighted by molar-refractivity contribution is -0.137. The standard InChI is InChI=1S/C14H20F3N3O/c1-3-20(8-10(2)13(18)19-21)9-11-5-4-6-12(7-11)14(15,16)17/h4-7,10,21H,3,8-9H2,1-2H3,(H2,18,19). The van der Waals surface area contributed by atoms with Gasteiger partial charge in [-0.05, 0) is 18.2 Å². The molecular formula is C14H20F3N3O. The van der Waals surface area contributed by atoms with Gasteiger partial charge in [0, 0.05) is 19.0 Å². The van der Waals surface area contributed by atoms with Gasteiger partial charge in [-0.1, -0.05) is 37.2 Å². The first-order chi connectivity index (χ1) is 9.77. The van der Waals surface area contributed by atoms with E-state index in [0.29, 0.717) is 25.2 Å². The molecule has 0 saturated carbocycles. The van der Waals surface area contributed by atoms with E-state index in [9.17, 15) is 13.2 Å². The number of hydrogen-bond donors (Lipinski definition) is 2. The highest BCUT2D eigenvalue weighted by Gasteiger charge is 2.30. The molecule has 21 heavy (non-hydrogen) atoms. The smallest absolute Gasteiger partial charge is 0.409 e. The van der Waals surface area contributed by atoms with Crippen LogP contribution in [0.5, 0.6) is 0 Å². The molecule has 0 amide bonds. The molecule has 0 fully saturated rings. The van der Waals surface area contributed by atoms with E-state index in [0.717, 1.165) is 12.1 Å². The summed E-state index contributed by atoms with van der Waals surface area (Å²) in [5, 5.41) is 11.6. The molecule has 0 bridgehead atoms. The van der Waals surface area contributed by atoms with Gasteiger partial charge < -0.3 is 10.9 Å². The van der Waals surface area contributed by atoms with Gasteiger partial charge in [0.25, 0.3) is 0 Å². The summed E-state index contributed by atoms with van der Waals surface area (Å²) >= 11 is 0. The third-order valence-corrected chi connectivity index (χ3v) is 3.26. The number of alkyl halides is 3. The largest absolute Gasteiger partial charge is 0.416 e. The van der Waals surface area contributed by atoms with Gasteiger partial charge in [0.15, 0.2) is 0 Å². The predicted octanol–water partition coefficient (Wildman–Crippen LogP) is 2.91. The lowest BCUT2D eigenvalue weighted by atomic mass is 10.1. The normalized spacial score (nSPS) is 14.5. The summed E-state index contributed by atoms with van der Waals surface area (Å²) in [6, 6.07) is 5.26. The van der Waals surface area contributed by atoms with Crippen molar-refractivity contribution in [3.05, 3.63) is 35.4 Å². The second kappa shape index (κ2) is 7.31. The summed E-state index contributed by atoms with van der Waals surface area (Å²) in [7, 11) is 0. The maximum Gasteiger partial charge on any atom is 0.416 e. The van der Waals surface area contributed by atoms with Crippen LogP contribution in [0, 0.1) is 5.92 Å². The number of benzene rings is 1. The third kappa shape index (κ3) is 5.26. The second-order valence-electron chi connectivity index (χ2n) is 4.95. The Hall–Kier alpha value is -1.76. The predicted molar refractivity (Wildman–Crippen MR) is 75.0 cm³/mol. The van der Waals surface area contributed by atoms with Crippen molar-refractivity contribution in [3.8, 4) is 0 Å². The number of halogens is 3. The van der Waals surface area contributed by atoms with Gasteiger partial charge in [0.2, 0.25) is 0 Å². The van der Waals surface area contributed by atoms with Crippen molar-refractivity contribution < 1.29 is 18.4 Å². The second-order valence-corrected chi connectivity index (χ2v) is 4.95. The first kappa shape index (κ1) is 17.3. The Morgan fingerprint density at radius 1 is 1.43 bits per heavy atom. The first-order valence-electron chi connectivity index (χ1n) is 6.63. The van der Waals surface area contributed by atoms with Crippen LogP contribution in [0.4, 0.5) is 13.2 Å². The van der Waals surface area contributed by atoms with Gasteiger partial charge in [-0.15, -0.1) is 0 Å². The van der Waals surface area contributed by atoms with E-state index in [1.807, 2.05) is 11.8 Å². The van der Waals surface area contributed by atoms with E-state index < -0.39 is 11.7 Å². The van der Waals surface area contributed by atoms with Gasteiger partial charge in [-0.3, -0.25) is 4.90 Å². The number of oxime groups is 1. The first-order valence-corrected chi connectivity index (χ1v) is 6.63. The molecule has 0 heterocycles. The molecule has 7 heteroatoms. The van der Waals surface area contributed by atoms with Crippen LogP contribution < -0.4 is 5.73 Å². The van der Waals surface area contributed by atoms with E-state index in [2.05, 4.69) is 5.16 Å². The van der Waals surface area contributed by atoms with Crippen molar-refractivity contribution in [1.29, 1.82) is 0 Å². The van der Waals surface area contributed by atoms with E-state index >= 15 is 0 Å². The van der Waals surface area contributed by atoms with Crippen LogP contribution in [-0.2, 0) is 12.7 Å². The number of nitrogens with two attached hydrogens (primary N) is 1. The zero-order valence-corrected chi connectivity index (χ0v) is 12.1. The summed E-state index contributed by atoms with van der Waals surface area (Å²) in [6.45, 7) is 5.24. The Labute approximate surface area is 122 Å². The van der Waals surface area contributed by atoms with Crippen LogP contribution in [0.2, 0.25) is 0 Å². The molecule has 118 valence electrons. The number of amidine groups is 1. The van der Waals surface area contributed by atoms with Crippen molar-refractivity contribution >= 4 is 5.84 Å². The molecule has 0 aliphatic heterocycles. The molecule has 0 aromatic heterocycles. The number of rotatable bonds is 6. The summed E-state index contributed by atoms with van der Waals surface area (Å²) in [6.07, 6.45) is -4.34. The lowest BCUT2D eigenvalue weighted by Crippen LogP contribution is -2.34. The van der Waals surface area contributed by atoms with E-state index in [1.165, 1.54) is 6.07 Å². The average molecular weight is 303 g/mol. The van der Waals surface area contributed by atoms with Gasteiger partial charge in [-0.2, -0.15) is 13.2 Å². The molecule has 4 nitrogen and oxygen atoms in total. The fourth-order valence-electron chi connectivity index (χ4n) is 1.99. The van der Waals surface area contributed by atoms with Crippen molar-refractivity contribution in [2.45, 2.75) is 26.6 Å². The highest BCUT2D eigenvalue weighted by atomic mass is 19.4. The van der Waals surface area contributed by atoms with Crippen LogP contribution in [0.25, 0.3) is 0 Å². The monoisotopic (exact) mass is 303 g/mol. The highest BCUT2D eigenvalue weighted by Crippen LogP contribution is 2.29. The van der Waals surface area contributed by atoms with Crippen molar-refractivity contribution in [1.82, 2.24) is 4.90 Å². The van der Waals surface area contributed by atoms with Gasteiger partial charge in [-0.25, -0.2) is 0 Å². The molecule has 0 radical (unpaired) electrons. The van der Waals surface area contributed by atoms with Crippen LogP contribution >= 0.6 is 0 Å². The fourth-order valence-corrected chi connectivity index (χ4v) is 1.99. The Morgan fingerprint density at radius 3 is 2.62 bits per heavy atom. The zero-order valence-electron chi connectivity index (χ0n) is 12.1. The SMILES string of the molecule is CCN(Cc1cccc(C(F)(F)F)c1)CC(C)C(N)=NO. The van der Waals surface area contributed by atoms with Crippen molar-refractivity contribution in [3.63, 3.8) is 0 Å². The summed E-state index contributed by atoms with van der Waals surface area (Å²) in [5.74, 6) is -0.0711. The minimum Gasteiger partial charge on any atom is -0.409 e. The molecule has 1 atom stereocenters. The highest BCUT2D eigenvalue weighted by molar-refractivity contribution is 5.82. The zero-order chi connectivity index (χ0) is 16.0. The molecular weight excluding hydrogens is 283 g/mol. The molecule has 1 aromatic carbocycles. The lowest BCUT2D eigenvalue weighted by Gasteiger charge is -2.24. The summed E-state index contributed by atoms with van der Waals surface area (Å²) in [4.78, 5) is 1.94. The minimum absolute atomic E-state index is 0.109. The molecule has 1 unspecified atom stereocenters. The third-order valence-electron chi connectivity index (χ3n) is 3.26. The molecule has 0 spiro atoms. The number of hydrogen-bond acceptors (Lipinski definition) is 3. The van der Waals surface area contributed by atoms with Crippen LogP contribution in [0.15, 0.2) is 29.4 Å². The van der Waals surface area contributed by atoms with E-state index in [4.69, 9.17) is 10.9 Å². The van der Waals surface area contributed by atoms with E-state index in [1.54, 1.807) is 13.0 Å². The Balaban J connectivity index is 2.78. The van der Waals surface area contributed by atoms with Crippen LogP contribution in [-0.4, -0.2) is 29.0 Å². The summed E-state index contributed by atoms with van der Waals surface area (Å²) < 4.78 is 38.0. The van der Waals surface area contributed by atoms with Gasteiger partial charge in [0.05, 0.1) is 5.56 Å². The average Bonchev–Trinajstić information content (AvgIpc) is 2.44. The van der Waals surface area contributed by atoms with Crippen molar-refractivity contribution in [2.75, 3.05) is 13.1 Å². The van der Waals surface area contributed by atoms with Crippen molar-refractivity contribution in [2.24, 2.45) is 16.8 Å². The topological polar surface area (TPSA) is 61.8 Å². The van der Waals surface area contributed by atoms with E-state index in [-0.39, 0.29) is 11.8 Å². The molecule has 3 N–H and O–H groups in total. The molecule has 1 rings (SSSR count). The number of nitrogens with zero attached hydrogens (tertiary/aromatic N) is 2. The molecule has 0 aliphatic carbocycles. The maximum absolute atomic E-state index is 12.7. The van der Waals surface area contributed by atoms with Crippen LogP contribution in [0.1, 0.15) is 25.0 Å². The molecule has 1 aromatic rings. The quantitative estimate of drug-likeness (QED) is 0.368. The van der Waals surface area contributed by atoms with Crippen LogP contribution in [0.3, 0.4) is 0 Å². The van der Waals surface area contributed by atoms with Gasteiger partial charge in [0.1, 0.15) is 5.84 Å². The Kier molecular flexibility index (Phi) is 6.02. The maximum atomic E-state index is 12.7. The summed E-state index contributed by atoms with van der Waals surface area (Å²) in [5.41, 5.74) is 5.45. The fraction of sp³-hybridized carbons (Fsp3) is 0.500. The van der Waals surface area contributed by atoms with Gasteiger partial charge >= 0.3 is 6.18 Å². The Bertz CT molecular complexity index is 489. The minimum atomic E-state index is -4.34. The molecule has 0 saturated heterocycles. The Morgan fingerprint density at radius 2 is 2.10 bits per heavy atom.